The van der Waals surface area contributed by atoms with Gasteiger partial charge in [0.1, 0.15) is 0 Å². The number of aryl methyl sites for hydroxylation is 1. The third-order valence-corrected chi connectivity index (χ3v) is 2.92. The van der Waals surface area contributed by atoms with Gasteiger partial charge in [-0.1, -0.05) is 12.1 Å². The van der Waals surface area contributed by atoms with Gasteiger partial charge in [-0.25, -0.2) is 4.90 Å². The maximum absolute atomic E-state index is 11.7. The zero-order chi connectivity index (χ0) is 13.1. The van der Waals surface area contributed by atoms with Crippen LogP contribution in [0.4, 0.5) is 5.69 Å². The standard InChI is InChI=1S/C13H13N3O2/c1-15-8-9-2-4-11-10(6-9)3-5-12(17)16(11)13(18)7-14/h2,4,6,15H,3,5,8H2,1H3. The zero-order valence-electron chi connectivity index (χ0n) is 10.1. The molecule has 0 spiro atoms. The van der Waals surface area contributed by atoms with Crippen molar-refractivity contribution in [3.8, 4) is 6.07 Å². The lowest BCUT2D eigenvalue weighted by atomic mass is 9.98. The summed E-state index contributed by atoms with van der Waals surface area (Å²) in [6, 6.07) is 7.05. The molecule has 2 amide bonds. The van der Waals surface area contributed by atoms with Gasteiger partial charge < -0.3 is 5.32 Å². The molecule has 92 valence electrons. The van der Waals surface area contributed by atoms with Crippen molar-refractivity contribution in [2.24, 2.45) is 0 Å². The zero-order valence-corrected chi connectivity index (χ0v) is 10.1. The van der Waals surface area contributed by atoms with E-state index in [1.165, 1.54) is 6.07 Å². The Kier molecular flexibility index (Phi) is 3.40. The van der Waals surface area contributed by atoms with Gasteiger partial charge in [-0.15, -0.1) is 0 Å². The van der Waals surface area contributed by atoms with E-state index >= 15 is 0 Å². The quantitative estimate of drug-likeness (QED) is 0.777. The fourth-order valence-corrected chi connectivity index (χ4v) is 2.13. The lowest BCUT2D eigenvalue weighted by Crippen LogP contribution is -2.39. The number of carbonyl (C=O) groups excluding carboxylic acids is 2. The highest BCUT2D eigenvalue weighted by atomic mass is 16.2. The molecule has 0 aliphatic carbocycles. The predicted octanol–water partition coefficient (Wildman–Crippen LogP) is 0.735. The number of nitrogens with one attached hydrogen (secondary N) is 1. The van der Waals surface area contributed by atoms with Crippen LogP contribution in [0.15, 0.2) is 18.2 Å². The molecule has 1 heterocycles. The molecule has 0 bridgehead atoms. The maximum Gasteiger partial charge on any atom is 0.336 e. The summed E-state index contributed by atoms with van der Waals surface area (Å²) < 4.78 is 0. The Bertz CT molecular complexity index is 546. The number of fused-ring (bicyclic) bond motifs is 1. The SMILES string of the molecule is CNCc1ccc2c(c1)CCC(=O)N2C(=O)C#N. The Morgan fingerprint density at radius 1 is 1.50 bits per heavy atom. The van der Waals surface area contributed by atoms with Crippen LogP contribution in [0.5, 0.6) is 0 Å². The van der Waals surface area contributed by atoms with Gasteiger partial charge in [0.05, 0.1) is 5.69 Å². The Hall–Kier alpha value is -2.19. The third kappa shape index (κ3) is 2.11. The second-order valence-corrected chi connectivity index (χ2v) is 4.14. The van der Waals surface area contributed by atoms with E-state index in [4.69, 9.17) is 5.26 Å². The Morgan fingerprint density at radius 3 is 2.94 bits per heavy atom. The summed E-state index contributed by atoms with van der Waals surface area (Å²) in [5.41, 5.74) is 2.57. The Balaban J connectivity index is 2.42. The second-order valence-electron chi connectivity index (χ2n) is 4.14. The van der Waals surface area contributed by atoms with E-state index in [9.17, 15) is 9.59 Å². The van der Waals surface area contributed by atoms with Crippen LogP contribution >= 0.6 is 0 Å². The van der Waals surface area contributed by atoms with Crippen LogP contribution in [-0.4, -0.2) is 18.9 Å². The van der Waals surface area contributed by atoms with Crippen molar-refractivity contribution >= 4 is 17.5 Å². The number of imide groups is 1. The van der Waals surface area contributed by atoms with Crippen LogP contribution < -0.4 is 10.2 Å². The van der Waals surface area contributed by atoms with Crippen LogP contribution in [0.3, 0.4) is 0 Å². The molecule has 18 heavy (non-hydrogen) atoms. The molecule has 0 aromatic heterocycles. The van der Waals surface area contributed by atoms with Gasteiger partial charge in [0.2, 0.25) is 5.91 Å². The van der Waals surface area contributed by atoms with Crippen molar-refractivity contribution in [2.45, 2.75) is 19.4 Å². The van der Waals surface area contributed by atoms with Crippen LogP contribution in [0, 0.1) is 11.3 Å². The number of nitrogens with zero attached hydrogens (tertiary/aromatic N) is 2. The molecule has 0 saturated heterocycles. The number of rotatable bonds is 2. The van der Waals surface area contributed by atoms with Crippen LogP contribution in [0.2, 0.25) is 0 Å². The Labute approximate surface area is 105 Å². The molecular formula is C13H13N3O2. The predicted molar refractivity (Wildman–Crippen MR) is 65.6 cm³/mol. The van der Waals surface area contributed by atoms with E-state index in [0.29, 0.717) is 12.1 Å². The molecule has 0 saturated carbocycles. The topological polar surface area (TPSA) is 73.2 Å². The first kappa shape index (κ1) is 12.3. The molecule has 0 unspecified atom stereocenters. The number of amides is 2. The minimum atomic E-state index is -0.817. The fraction of sp³-hybridized carbons (Fsp3) is 0.308. The van der Waals surface area contributed by atoms with Crippen molar-refractivity contribution in [2.75, 3.05) is 11.9 Å². The van der Waals surface area contributed by atoms with Gasteiger partial charge in [-0.3, -0.25) is 9.59 Å². The van der Waals surface area contributed by atoms with E-state index in [1.807, 2.05) is 19.2 Å². The molecule has 5 nitrogen and oxygen atoms in total. The fourth-order valence-electron chi connectivity index (χ4n) is 2.13. The summed E-state index contributed by atoms with van der Waals surface area (Å²) in [5, 5.41) is 11.7. The van der Waals surface area contributed by atoms with Crippen LogP contribution in [-0.2, 0) is 22.6 Å². The van der Waals surface area contributed by atoms with Crippen LogP contribution in [0.1, 0.15) is 17.5 Å². The number of anilines is 1. The van der Waals surface area contributed by atoms with Crippen LogP contribution in [0.25, 0.3) is 0 Å². The van der Waals surface area contributed by atoms with Crippen molar-refractivity contribution in [3.63, 3.8) is 0 Å². The highest BCUT2D eigenvalue weighted by Crippen LogP contribution is 2.28. The van der Waals surface area contributed by atoms with Gasteiger partial charge in [-0.2, -0.15) is 5.26 Å². The van der Waals surface area contributed by atoms with Gasteiger partial charge in [-0.05, 0) is 30.7 Å². The third-order valence-electron chi connectivity index (χ3n) is 2.92. The molecule has 1 aromatic rings. The first-order valence-corrected chi connectivity index (χ1v) is 5.70. The average molecular weight is 243 g/mol. The first-order chi connectivity index (χ1) is 8.67. The summed E-state index contributed by atoms with van der Waals surface area (Å²) in [5.74, 6) is -1.13. The van der Waals surface area contributed by atoms with Gasteiger partial charge in [0.25, 0.3) is 0 Å². The van der Waals surface area contributed by atoms with Crippen molar-refractivity contribution < 1.29 is 9.59 Å². The normalized spacial score (nSPS) is 14.0. The highest BCUT2D eigenvalue weighted by Gasteiger charge is 2.29. The molecule has 2 rings (SSSR count). The van der Waals surface area contributed by atoms with E-state index in [-0.39, 0.29) is 12.3 Å². The molecule has 1 aliphatic rings. The summed E-state index contributed by atoms with van der Waals surface area (Å²) in [4.78, 5) is 24.2. The molecule has 1 N–H and O–H groups in total. The average Bonchev–Trinajstić information content (AvgIpc) is 2.38. The first-order valence-electron chi connectivity index (χ1n) is 5.70. The molecule has 5 heteroatoms. The minimum absolute atomic E-state index is 0.267. The summed E-state index contributed by atoms with van der Waals surface area (Å²) in [6.45, 7) is 0.730. The van der Waals surface area contributed by atoms with Crippen molar-refractivity contribution in [1.29, 1.82) is 5.26 Å². The summed E-state index contributed by atoms with van der Waals surface area (Å²) in [7, 11) is 1.86. The number of hydrogen-bond donors (Lipinski definition) is 1. The highest BCUT2D eigenvalue weighted by molar-refractivity contribution is 6.21. The molecule has 0 fully saturated rings. The number of nitriles is 1. The van der Waals surface area contributed by atoms with Crippen molar-refractivity contribution in [3.05, 3.63) is 29.3 Å². The van der Waals surface area contributed by atoms with E-state index in [1.54, 1.807) is 6.07 Å². The number of benzene rings is 1. The van der Waals surface area contributed by atoms with E-state index < -0.39 is 5.91 Å². The molecule has 0 radical (unpaired) electrons. The van der Waals surface area contributed by atoms with Crippen molar-refractivity contribution in [1.82, 2.24) is 5.32 Å². The molecule has 1 aliphatic heterocycles. The lowest BCUT2D eigenvalue weighted by molar-refractivity contribution is -0.124. The number of carbonyl (C=O) groups is 2. The Morgan fingerprint density at radius 2 is 2.28 bits per heavy atom. The van der Waals surface area contributed by atoms with Gasteiger partial charge in [0, 0.05) is 13.0 Å². The van der Waals surface area contributed by atoms with E-state index in [2.05, 4.69) is 5.32 Å². The maximum atomic E-state index is 11.7. The smallest absolute Gasteiger partial charge is 0.316 e. The van der Waals surface area contributed by atoms with Gasteiger partial charge in [0.15, 0.2) is 6.07 Å². The monoisotopic (exact) mass is 243 g/mol. The lowest BCUT2D eigenvalue weighted by Gasteiger charge is -2.26. The largest absolute Gasteiger partial charge is 0.336 e. The van der Waals surface area contributed by atoms with E-state index in [0.717, 1.165) is 22.6 Å². The molecular weight excluding hydrogens is 230 g/mol. The minimum Gasteiger partial charge on any atom is -0.316 e. The second kappa shape index (κ2) is 4.98. The molecule has 0 atom stereocenters. The summed E-state index contributed by atoms with van der Waals surface area (Å²) >= 11 is 0. The van der Waals surface area contributed by atoms with Gasteiger partial charge >= 0.3 is 5.91 Å². The number of hydrogen-bond acceptors (Lipinski definition) is 4. The summed E-state index contributed by atoms with van der Waals surface area (Å²) in [6.07, 6.45) is 0.879. The molecule has 1 aromatic carbocycles.